The second-order valence-corrected chi connectivity index (χ2v) is 6.45. The lowest BCUT2D eigenvalue weighted by molar-refractivity contribution is 0.559. The number of nitrogens with zero attached hydrogens (tertiary/aromatic N) is 2. The van der Waals surface area contributed by atoms with E-state index in [1.165, 1.54) is 17.0 Å². The van der Waals surface area contributed by atoms with E-state index >= 15 is 0 Å². The van der Waals surface area contributed by atoms with Crippen LogP contribution in [0.5, 0.6) is 0 Å². The third kappa shape index (κ3) is 3.95. The van der Waals surface area contributed by atoms with Gasteiger partial charge in [0.25, 0.3) is 0 Å². The van der Waals surface area contributed by atoms with Gasteiger partial charge >= 0.3 is 0 Å². The summed E-state index contributed by atoms with van der Waals surface area (Å²) < 4.78 is 0. The van der Waals surface area contributed by atoms with Crippen molar-refractivity contribution >= 4 is 16.5 Å². The van der Waals surface area contributed by atoms with Crippen LogP contribution in [-0.2, 0) is 6.54 Å². The summed E-state index contributed by atoms with van der Waals surface area (Å²) in [6.07, 6.45) is 1.22. The first-order chi connectivity index (χ1) is 8.49. The smallest absolute Gasteiger partial charge is 0.185 e. The van der Waals surface area contributed by atoms with Gasteiger partial charge in [-0.05, 0) is 18.9 Å². The van der Waals surface area contributed by atoms with E-state index in [0.717, 1.165) is 18.2 Å². The third-order valence-corrected chi connectivity index (χ3v) is 4.39. The molecule has 104 valence electrons. The van der Waals surface area contributed by atoms with Crippen molar-refractivity contribution in [2.45, 2.75) is 46.6 Å². The van der Waals surface area contributed by atoms with E-state index < -0.39 is 0 Å². The van der Waals surface area contributed by atoms with Gasteiger partial charge in [0.1, 0.15) is 0 Å². The van der Waals surface area contributed by atoms with Crippen LogP contribution in [0.1, 0.15) is 50.6 Å². The Bertz CT molecular complexity index is 360. The van der Waals surface area contributed by atoms with Crippen LogP contribution in [0.15, 0.2) is 0 Å². The minimum atomic E-state index is 0.496. The van der Waals surface area contributed by atoms with E-state index in [1.807, 2.05) is 18.4 Å². The molecule has 0 fully saturated rings. The highest BCUT2D eigenvalue weighted by atomic mass is 32.1. The molecule has 0 saturated carbocycles. The van der Waals surface area contributed by atoms with Gasteiger partial charge in [0, 0.05) is 25.0 Å². The first-order valence-electron chi connectivity index (χ1n) is 6.84. The summed E-state index contributed by atoms with van der Waals surface area (Å²) in [5.74, 6) is 1.21. The van der Waals surface area contributed by atoms with Crippen LogP contribution in [0.2, 0.25) is 0 Å². The molecule has 1 unspecified atom stereocenters. The van der Waals surface area contributed by atoms with E-state index in [9.17, 15) is 0 Å². The molecule has 1 atom stereocenters. The molecule has 1 aromatic rings. The second-order valence-electron chi connectivity index (χ2n) is 5.38. The van der Waals surface area contributed by atoms with Gasteiger partial charge in [-0.2, -0.15) is 0 Å². The molecule has 0 aromatic carbocycles. The highest BCUT2D eigenvalue weighted by Gasteiger charge is 2.16. The normalized spacial score (nSPS) is 13.1. The Labute approximate surface area is 116 Å². The van der Waals surface area contributed by atoms with Gasteiger partial charge in [-0.1, -0.05) is 34.1 Å². The number of anilines is 1. The van der Waals surface area contributed by atoms with Gasteiger partial charge in [-0.15, -0.1) is 11.3 Å². The van der Waals surface area contributed by atoms with E-state index in [1.54, 1.807) is 0 Å². The lowest BCUT2D eigenvalue weighted by Crippen LogP contribution is -2.23. The van der Waals surface area contributed by atoms with Crippen LogP contribution in [0.3, 0.4) is 0 Å². The van der Waals surface area contributed by atoms with Crippen LogP contribution < -0.4 is 10.2 Å². The van der Waals surface area contributed by atoms with Gasteiger partial charge in [0.2, 0.25) is 0 Å². The van der Waals surface area contributed by atoms with Crippen molar-refractivity contribution in [2.24, 2.45) is 5.92 Å². The zero-order valence-electron chi connectivity index (χ0n) is 12.6. The molecule has 0 aliphatic heterocycles. The molecule has 0 aliphatic rings. The maximum atomic E-state index is 4.82. The predicted molar refractivity (Wildman–Crippen MR) is 81.7 cm³/mol. The fraction of sp³-hybridized carbons (Fsp3) is 0.786. The number of rotatable bonds is 7. The van der Waals surface area contributed by atoms with Gasteiger partial charge < -0.3 is 10.2 Å². The van der Waals surface area contributed by atoms with Crippen molar-refractivity contribution in [1.82, 2.24) is 10.3 Å². The van der Waals surface area contributed by atoms with Gasteiger partial charge in [0.05, 0.1) is 5.69 Å². The molecule has 1 aromatic heterocycles. The summed E-state index contributed by atoms with van der Waals surface area (Å²) in [6.45, 7) is 11.0. The maximum absolute atomic E-state index is 4.82. The molecule has 3 nitrogen and oxygen atoms in total. The fourth-order valence-corrected chi connectivity index (χ4v) is 3.12. The number of thiazole rings is 1. The lowest BCUT2D eigenvalue weighted by atomic mass is 10.1. The second kappa shape index (κ2) is 7.10. The van der Waals surface area contributed by atoms with Gasteiger partial charge in [-0.3, -0.25) is 0 Å². The van der Waals surface area contributed by atoms with Crippen molar-refractivity contribution in [3.05, 3.63) is 10.6 Å². The van der Waals surface area contributed by atoms with Gasteiger partial charge in [-0.25, -0.2) is 4.98 Å². The number of nitrogens with one attached hydrogen (secondary N) is 1. The Morgan fingerprint density at radius 3 is 2.50 bits per heavy atom. The molecule has 0 aliphatic carbocycles. The Hall–Kier alpha value is -0.610. The summed E-state index contributed by atoms with van der Waals surface area (Å²) in [4.78, 5) is 8.49. The molecular formula is C14H27N3S. The summed E-state index contributed by atoms with van der Waals surface area (Å²) in [7, 11) is 4.14. The van der Waals surface area contributed by atoms with E-state index in [2.05, 4.69) is 45.0 Å². The molecule has 0 spiro atoms. The Balaban J connectivity index is 2.86. The first-order valence-corrected chi connectivity index (χ1v) is 7.66. The maximum Gasteiger partial charge on any atom is 0.185 e. The molecule has 0 saturated heterocycles. The van der Waals surface area contributed by atoms with Crippen LogP contribution in [0.4, 0.5) is 5.13 Å². The monoisotopic (exact) mass is 269 g/mol. The predicted octanol–water partition coefficient (Wildman–Crippen LogP) is 3.47. The Kier molecular flexibility index (Phi) is 6.09. The van der Waals surface area contributed by atoms with Crippen molar-refractivity contribution in [3.63, 3.8) is 0 Å². The standard InChI is InChI=1S/C14H27N3S/c1-7-11(4)9-17(6)14-16-13(10(2)3)12(18-14)8-15-5/h10-11,15H,7-9H2,1-6H3. The highest BCUT2D eigenvalue weighted by Crippen LogP contribution is 2.30. The number of aromatic nitrogens is 1. The van der Waals surface area contributed by atoms with E-state index in [4.69, 9.17) is 4.98 Å². The van der Waals surface area contributed by atoms with Crippen molar-refractivity contribution in [3.8, 4) is 0 Å². The summed E-state index contributed by atoms with van der Waals surface area (Å²) in [5, 5.41) is 4.39. The molecule has 4 heteroatoms. The summed E-state index contributed by atoms with van der Waals surface area (Å²) in [5.41, 5.74) is 1.25. The summed E-state index contributed by atoms with van der Waals surface area (Å²) in [6, 6.07) is 0. The van der Waals surface area contributed by atoms with Crippen molar-refractivity contribution in [2.75, 3.05) is 25.5 Å². The highest BCUT2D eigenvalue weighted by molar-refractivity contribution is 7.15. The van der Waals surface area contributed by atoms with Crippen molar-refractivity contribution in [1.29, 1.82) is 0 Å². The zero-order chi connectivity index (χ0) is 13.7. The molecule has 18 heavy (non-hydrogen) atoms. The van der Waals surface area contributed by atoms with Crippen LogP contribution in [0, 0.1) is 5.92 Å². The first kappa shape index (κ1) is 15.4. The molecule has 0 radical (unpaired) electrons. The molecule has 1 N–H and O–H groups in total. The van der Waals surface area contributed by atoms with Crippen LogP contribution in [0.25, 0.3) is 0 Å². The Morgan fingerprint density at radius 1 is 1.33 bits per heavy atom. The average Bonchev–Trinajstić information content (AvgIpc) is 2.73. The molecular weight excluding hydrogens is 242 g/mol. The largest absolute Gasteiger partial charge is 0.351 e. The molecule has 0 bridgehead atoms. The Morgan fingerprint density at radius 2 is 2.00 bits per heavy atom. The summed E-state index contributed by atoms with van der Waals surface area (Å²) >= 11 is 1.83. The molecule has 0 amide bonds. The van der Waals surface area contributed by atoms with Crippen LogP contribution in [-0.4, -0.2) is 25.6 Å². The number of hydrogen-bond donors (Lipinski definition) is 1. The van der Waals surface area contributed by atoms with Crippen molar-refractivity contribution < 1.29 is 0 Å². The lowest BCUT2D eigenvalue weighted by Gasteiger charge is -2.19. The number of hydrogen-bond acceptors (Lipinski definition) is 4. The topological polar surface area (TPSA) is 28.2 Å². The fourth-order valence-electron chi connectivity index (χ4n) is 1.93. The SMILES string of the molecule is CCC(C)CN(C)c1nc(C(C)C)c(CNC)s1. The van der Waals surface area contributed by atoms with Crippen LogP contribution >= 0.6 is 11.3 Å². The minimum Gasteiger partial charge on any atom is -0.351 e. The van der Waals surface area contributed by atoms with E-state index in [0.29, 0.717) is 11.8 Å². The quantitative estimate of drug-likeness (QED) is 0.821. The minimum absolute atomic E-state index is 0.496. The van der Waals surface area contributed by atoms with E-state index in [-0.39, 0.29) is 0 Å². The zero-order valence-corrected chi connectivity index (χ0v) is 13.4. The van der Waals surface area contributed by atoms with Gasteiger partial charge in [0.15, 0.2) is 5.13 Å². The molecule has 1 heterocycles. The third-order valence-electron chi connectivity index (χ3n) is 3.21. The average molecular weight is 269 g/mol. The molecule has 1 rings (SSSR count).